The average molecular weight is 507 g/mol. The summed E-state index contributed by atoms with van der Waals surface area (Å²) < 4.78 is 8.88. The quantitative estimate of drug-likeness (QED) is 0.212. The van der Waals surface area contributed by atoms with Crippen LogP contribution in [0.3, 0.4) is 0 Å². The molecule has 0 unspecified atom stereocenters. The number of nitrogens with zero attached hydrogens (tertiary/aromatic N) is 2. The minimum absolute atomic E-state index is 0.445. The number of halogens is 1. The summed E-state index contributed by atoms with van der Waals surface area (Å²) in [4.78, 5) is 3.80. The summed E-state index contributed by atoms with van der Waals surface area (Å²) >= 11 is 7.98. The summed E-state index contributed by atoms with van der Waals surface area (Å²) in [6.07, 6.45) is 7.31. The molecule has 35 heavy (non-hydrogen) atoms. The number of rotatable bonds is 10. The molecule has 184 valence electrons. The van der Waals surface area contributed by atoms with Gasteiger partial charge in [0.15, 0.2) is 0 Å². The summed E-state index contributed by atoms with van der Waals surface area (Å²) in [5.41, 5.74) is 4.20. The van der Waals surface area contributed by atoms with E-state index in [0.29, 0.717) is 6.04 Å². The highest BCUT2D eigenvalue weighted by Crippen LogP contribution is 2.35. The highest BCUT2D eigenvalue weighted by Gasteiger charge is 2.28. The van der Waals surface area contributed by atoms with Gasteiger partial charge < -0.3 is 9.64 Å². The van der Waals surface area contributed by atoms with Crippen molar-refractivity contribution in [2.75, 3.05) is 26.2 Å². The van der Waals surface area contributed by atoms with Gasteiger partial charge in [0.2, 0.25) is 0 Å². The molecular formula is C30H35ClN2OS. The molecule has 1 aliphatic carbocycles. The third kappa shape index (κ3) is 6.83. The number of hydrogen-bond donors (Lipinski definition) is 0. The van der Waals surface area contributed by atoms with Gasteiger partial charge in [-0.2, -0.15) is 0 Å². The van der Waals surface area contributed by atoms with E-state index in [4.69, 9.17) is 16.3 Å². The van der Waals surface area contributed by atoms with E-state index in [1.165, 1.54) is 53.9 Å². The Hall–Kier alpha value is -1.98. The monoisotopic (exact) mass is 506 g/mol. The van der Waals surface area contributed by atoms with Crippen molar-refractivity contribution < 1.29 is 4.74 Å². The second kappa shape index (κ2) is 12.3. The Morgan fingerprint density at radius 2 is 1.54 bits per heavy atom. The highest BCUT2D eigenvalue weighted by atomic mass is 35.5. The van der Waals surface area contributed by atoms with Crippen molar-refractivity contribution in [2.24, 2.45) is 0 Å². The van der Waals surface area contributed by atoms with E-state index in [2.05, 4.69) is 69.9 Å². The topological polar surface area (TPSA) is 15.7 Å². The maximum Gasteiger partial charge on any atom is 0.123 e. The predicted octanol–water partition coefficient (Wildman–Crippen LogP) is 7.27. The second-order valence-corrected chi connectivity index (χ2v) is 11.2. The Morgan fingerprint density at radius 3 is 2.29 bits per heavy atom. The van der Waals surface area contributed by atoms with Crippen molar-refractivity contribution in [3.05, 3.63) is 94.5 Å². The van der Waals surface area contributed by atoms with Crippen LogP contribution in [0.4, 0.5) is 0 Å². The molecule has 1 fully saturated rings. The lowest BCUT2D eigenvalue weighted by molar-refractivity contribution is 0.204. The molecule has 0 radical (unpaired) electrons. The Labute approximate surface area is 219 Å². The van der Waals surface area contributed by atoms with Crippen molar-refractivity contribution in [3.8, 4) is 5.75 Å². The Balaban J connectivity index is 1.26. The van der Waals surface area contributed by atoms with E-state index in [1.54, 1.807) is 0 Å². The molecule has 0 amide bonds. The van der Waals surface area contributed by atoms with Crippen LogP contribution in [0.1, 0.15) is 42.4 Å². The lowest BCUT2D eigenvalue weighted by Crippen LogP contribution is -2.31. The molecular weight excluding hydrogens is 472 g/mol. The molecule has 0 saturated carbocycles. The molecule has 2 aliphatic rings. The fourth-order valence-corrected chi connectivity index (χ4v) is 6.36. The van der Waals surface area contributed by atoms with Crippen LogP contribution in [-0.4, -0.2) is 41.5 Å². The lowest BCUT2D eigenvalue weighted by atomic mass is 10.1. The van der Waals surface area contributed by atoms with Gasteiger partial charge in [-0.1, -0.05) is 60.5 Å². The van der Waals surface area contributed by atoms with Crippen LogP contribution < -0.4 is 4.74 Å². The smallest absolute Gasteiger partial charge is 0.123 e. The average Bonchev–Trinajstić information content (AvgIpc) is 3.33. The lowest BCUT2D eigenvalue weighted by Gasteiger charge is -2.28. The van der Waals surface area contributed by atoms with Crippen molar-refractivity contribution in [3.63, 3.8) is 0 Å². The molecule has 0 aromatic heterocycles. The number of fused-ring (bicyclic) bond motifs is 1. The minimum Gasteiger partial charge on any atom is -0.493 e. The number of ether oxygens (including phenoxy) is 1. The van der Waals surface area contributed by atoms with Gasteiger partial charge in [0.05, 0.1) is 6.61 Å². The van der Waals surface area contributed by atoms with Gasteiger partial charge in [-0.15, -0.1) is 0 Å². The summed E-state index contributed by atoms with van der Waals surface area (Å²) in [6.45, 7) is 5.25. The first-order valence-corrected chi connectivity index (χ1v) is 14.1. The molecule has 0 N–H and O–H groups in total. The first-order chi connectivity index (χ1) is 17.2. The first kappa shape index (κ1) is 24.7. The molecule has 0 bridgehead atoms. The largest absolute Gasteiger partial charge is 0.493 e. The van der Waals surface area contributed by atoms with Crippen molar-refractivity contribution in [1.82, 2.24) is 9.21 Å². The van der Waals surface area contributed by atoms with E-state index in [1.807, 2.05) is 24.1 Å². The summed E-state index contributed by atoms with van der Waals surface area (Å²) in [7, 11) is 0. The molecule has 1 saturated heterocycles. The van der Waals surface area contributed by atoms with Crippen LogP contribution in [0.2, 0.25) is 5.02 Å². The van der Waals surface area contributed by atoms with E-state index >= 15 is 0 Å². The van der Waals surface area contributed by atoms with Gasteiger partial charge in [-0.25, -0.2) is 4.31 Å². The van der Waals surface area contributed by atoms with Gasteiger partial charge in [-0.05, 0) is 98.6 Å². The number of piperidine rings is 1. The van der Waals surface area contributed by atoms with Crippen molar-refractivity contribution in [2.45, 2.75) is 56.0 Å². The van der Waals surface area contributed by atoms with Gasteiger partial charge >= 0.3 is 0 Å². The van der Waals surface area contributed by atoms with Crippen LogP contribution >= 0.6 is 23.5 Å². The molecule has 3 aromatic rings. The normalized spacial score (nSPS) is 16.5. The Morgan fingerprint density at radius 1 is 0.857 bits per heavy atom. The van der Waals surface area contributed by atoms with Gasteiger partial charge in [0.1, 0.15) is 5.75 Å². The fourth-order valence-electron chi connectivity index (χ4n) is 5.20. The number of likely N-dealkylation sites (tertiary alicyclic amines) is 1. The van der Waals surface area contributed by atoms with Crippen LogP contribution in [0.5, 0.6) is 5.75 Å². The molecule has 1 aliphatic heterocycles. The molecule has 0 atom stereocenters. The maximum atomic E-state index is 6.34. The summed E-state index contributed by atoms with van der Waals surface area (Å²) in [5.74, 6) is 1.02. The molecule has 3 nitrogen and oxygen atoms in total. The van der Waals surface area contributed by atoms with Gasteiger partial charge in [0.25, 0.3) is 0 Å². The van der Waals surface area contributed by atoms with Crippen LogP contribution in [0.15, 0.2) is 77.7 Å². The minimum atomic E-state index is 0.445. The number of hydrogen-bond acceptors (Lipinski definition) is 4. The molecule has 3 aromatic carbocycles. The zero-order valence-corrected chi connectivity index (χ0v) is 21.9. The maximum absolute atomic E-state index is 6.34. The standard InChI is InChI=1S/C30H35ClN2OS/c31-27-13-15-29(16-14-27)35-33(28-21-24-9-2-3-10-25(24)22-28)23-26-11-4-5-12-30(26)34-20-8-19-32-17-6-1-7-18-32/h2-5,9-16,28H,1,6-8,17-23H2. The predicted molar refractivity (Wildman–Crippen MR) is 147 cm³/mol. The Bertz CT molecular complexity index is 1060. The van der Waals surface area contributed by atoms with Crippen molar-refractivity contribution in [1.29, 1.82) is 0 Å². The van der Waals surface area contributed by atoms with Gasteiger partial charge in [-0.3, -0.25) is 0 Å². The van der Waals surface area contributed by atoms with E-state index in [0.717, 1.165) is 49.7 Å². The van der Waals surface area contributed by atoms with E-state index in [-0.39, 0.29) is 0 Å². The zero-order chi connectivity index (χ0) is 23.9. The SMILES string of the molecule is Clc1ccc(SN(Cc2ccccc2OCCCN2CCCCC2)C2Cc3ccccc3C2)cc1. The molecule has 5 rings (SSSR count). The van der Waals surface area contributed by atoms with E-state index in [9.17, 15) is 0 Å². The zero-order valence-electron chi connectivity index (χ0n) is 20.4. The van der Waals surface area contributed by atoms with Crippen LogP contribution in [0, 0.1) is 0 Å². The fraction of sp³-hybridized carbons (Fsp3) is 0.400. The van der Waals surface area contributed by atoms with Crippen LogP contribution in [-0.2, 0) is 19.4 Å². The van der Waals surface area contributed by atoms with Crippen molar-refractivity contribution >= 4 is 23.5 Å². The van der Waals surface area contributed by atoms with Gasteiger partial charge in [0, 0.05) is 34.6 Å². The summed E-state index contributed by atoms with van der Waals surface area (Å²) in [6, 6.07) is 26.1. The third-order valence-electron chi connectivity index (χ3n) is 7.10. The molecule has 5 heteroatoms. The number of benzene rings is 3. The molecule has 0 spiro atoms. The van der Waals surface area contributed by atoms with E-state index < -0.39 is 0 Å². The second-order valence-electron chi connectivity index (χ2n) is 9.66. The Kier molecular flexibility index (Phi) is 8.69. The summed E-state index contributed by atoms with van der Waals surface area (Å²) in [5, 5.41) is 0.775. The third-order valence-corrected chi connectivity index (χ3v) is 8.49. The molecule has 1 heterocycles. The highest BCUT2D eigenvalue weighted by molar-refractivity contribution is 7.97. The first-order valence-electron chi connectivity index (χ1n) is 12.9. The van der Waals surface area contributed by atoms with Crippen LogP contribution in [0.25, 0.3) is 0 Å². The number of para-hydroxylation sites is 1.